The highest BCUT2D eigenvalue weighted by atomic mass is 32.1. The summed E-state index contributed by atoms with van der Waals surface area (Å²) in [6, 6.07) is 0. The third-order valence-electron chi connectivity index (χ3n) is 3.90. The Labute approximate surface area is 112 Å². The van der Waals surface area contributed by atoms with Crippen LogP contribution in [0.25, 0.3) is 10.2 Å². The summed E-state index contributed by atoms with van der Waals surface area (Å²) < 4.78 is 42.9. The van der Waals surface area contributed by atoms with Crippen molar-refractivity contribution in [2.45, 2.75) is 39.3 Å². The quantitative estimate of drug-likeness (QED) is 0.732. The highest BCUT2D eigenvalue weighted by Crippen LogP contribution is 2.39. The molecule has 0 saturated heterocycles. The molecule has 1 aliphatic carbocycles. The monoisotopic (exact) mass is 286 g/mol. The maximum atomic E-state index is 12.9. The van der Waals surface area contributed by atoms with E-state index in [-0.39, 0.29) is 12.8 Å². The number of halogens is 3. The van der Waals surface area contributed by atoms with Gasteiger partial charge < -0.3 is 0 Å². The van der Waals surface area contributed by atoms with Gasteiger partial charge in [0.05, 0.1) is 11.6 Å². The van der Waals surface area contributed by atoms with Gasteiger partial charge in [-0.05, 0) is 55.8 Å². The SMILES string of the molecule is Cc1nsc2nc3c(c(C)c12)CC(C(F)(F)F)CC3. The van der Waals surface area contributed by atoms with Crippen LogP contribution in [-0.4, -0.2) is 15.5 Å². The van der Waals surface area contributed by atoms with Gasteiger partial charge in [0.15, 0.2) is 0 Å². The van der Waals surface area contributed by atoms with Gasteiger partial charge in [-0.25, -0.2) is 4.98 Å². The van der Waals surface area contributed by atoms with Gasteiger partial charge >= 0.3 is 6.18 Å². The summed E-state index contributed by atoms with van der Waals surface area (Å²) in [4.78, 5) is 5.35. The average Bonchev–Trinajstić information content (AvgIpc) is 2.70. The summed E-state index contributed by atoms with van der Waals surface area (Å²) in [5, 5.41) is 0.937. The Morgan fingerprint density at radius 3 is 2.68 bits per heavy atom. The van der Waals surface area contributed by atoms with Gasteiger partial charge in [-0.15, -0.1) is 0 Å². The molecule has 1 atom stereocenters. The molecule has 0 aromatic carbocycles. The van der Waals surface area contributed by atoms with Crippen LogP contribution in [0, 0.1) is 19.8 Å². The van der Waals surface area contributed by atoms with Crippen LogP contribution >= 0.6 is 11.5 Å². The minimum atomic E-state index is -4.11. The van der Waals surface area contributed by atoms with E-state index in [4.69, 9.17) is 0 Å². The first kappa shape index (κ1) is 12.8. The molecule has 19 heavy (non-hydrogen) atoms. The number of fused-ring (bicyclic) bond motifs is 2. The van der Waals surface area contributed by atoms with Crippen LogP contribution in [0.1, 0.15) is 28.9 Å². The van der Waals surface area contributed by atoms with Gasteiger partial charge in [-0.3, -0.25) is 0 Å². The van der Waals surface area contributed by atoms with E-state index in [1.807, 2.05) is 13.8 Å². The number of hydrogen-bond donors (Lipinski definition) is 0. The van der Waals surface area contributed by atoms with Crippen molar-refractivity contribution in [2.24, 2.45) is 5.92 Å². The zero-order valence-electron chi connectivity index (χ0n) is 10.6. The minimum Gasteiger partial charge on any atom is -0.240 e. The van der Waals surface area contributed by atoms with Crippen molar-refractivity contribution in [3.8, 4) is 0 Å². The highest BCUT2D eigenvalue weighted by molar-refractivity contribution is 7.13. The van der Waals surface area contributed by atoms with E-state index in [0.717, 1.165) is 32.7 Å². The molecule has 6 heteroatoms. The molecule has 0 spiro atoms. The van der Waals surface area contributed by atoms with Crippen LogP contribution < -0.4 is 0 Å². The normalized spacial score (nSPS) is 19.7. The molecule has 0 fully saturated rings. The zero-order valence-corrected chi connectivity index (χ0v) is 11.5. The fraction of sp³-hybridized carbons (Fsp3) is 0.538. The topological polar surface area (TPSA) is 25.8 Å². The first-order valence-electron chi connectivity index (χ1n) is 6.19. The molecule has 0 radical (unpaired) electrons. The van der Waals surface area contributed by atoms with Crippen LogP contribution in [0.4, 0.5) is 13.2 Å². The number of hydrogen-bond acceptors (Lipinski definition) is 3. The lowest BCUT2D eigenvalue weighted by molar-refractivity contribution is -0.177. The second-order valence-corrected chi connectivity index (χ2v) is 5.84. The molecule has 0 amide bonds. The van der Waals surface area contributed by atoms with E-state index in [0.29, 0.717) is 6.42 Å². The standard InChI is InChI=1S/C13H13F3N2S/c1-6-9-5-8(13(14,15)16)3-4-10(9)17-12-11(6)7(2)18-19-12/h8H,3-5H2,1-2H3. The molecular formula is C13H13F3N2S. The van der Waals surface area contributed by atoms with Crippen molar-refractivity contribution < 1.29 is 13.2 Å². The van der Waals surface area contributed by atoms with E-state index in [1.54, 1.807) is 0 Å². The number of aryl methyl sites for hydroxylation is 3. The van der Waals surface area contributed by atoms with Crippen LogP contribution in [0.3, 0.4) is 0 Å². The lowest BCUT2D eigenvalue weighted by Gasteiger charge is -2.27. The van der Waals surface area contributed by atoms with Crippen molar-refractivity contribution in [3.05, 3.63) is 22.5 Å². The Hall–Kier alpha value is -1.17. The first-order valence-corrected chi connectivity index (χ1v) is 6.96. The van der Waals surface area contributed by atoms with Crippen LogP contribution in [0.2, 0.25) is 0 Å². The molecular weight excluding hydrogens is 273 g/mol. The zero-order chi connectivity index (χ0) is 13.8. The first-order chi connectivity index (χ1) is 8.88. The van der Waals surface area contributed by atoms with Gasteiger partial charge in [0.1, 0.15) is 4.83 Å². The van der Waals surface area contributed by atoms with Crippen LogP contribution in [0.15, 0.2) is 0 Å². The molecule has 0 bridgehead atoms. The molecule has 2 aromatic rings. The van der Waals surface area contributed by atoms with Gasteiger partial charge in [0, 0.05) is 11.1 Å². The Morgan fingerprint density at radius 2 is 2.00 bits per heavy atom. The maximum absolute atomic E-state index is 12.9. The second-order valence-electron chi connectivity index (χ2n) is 5.09. The third-order valence-corrected chi connectivity index (χ3v) is 4.73. The molecule has 3 rings (SSSR count). The smallest absolute Gasteiger partial charge is 0.240 e. The molecule has 2 aromatic heterocycles. The molecule has 1 unspecified atom stereocenters. The van der Waals surface area contributed by atoms with Crippen molar-refractivity contribution in [3.63, 3.8) is 0 Å². The van der Waals surface area contributed by atoms with E-state index in [2.05, 4.69) is 9.36 Å². The summed E-state index contributed by atoms with van der Waals surface area (Å²) >= 11 is 1.32. The van der Waals surface area contributed by atoms with Crippen LogP contribution in [0.5, 0.6) is 0 Å². The number of nitrogens with zero attached hydrogens (tertiary/aromatic N) is 2. The van der Waals surface area contributed by atoms with E-state index < -0.39 is 12.1 Å². The van der Waals surface area contributed by atoms with E-state index >= 15 is 0 Å². The molecule has 1 aliphatic rings. The molecule has 0 saturated carbocycles. The van der Waals surface area contributed by atoms with E-state index in [9.17, 15) is 13.2 Å². The van der Waals surface area contributed by atoms with Crippen molar-refractivity contribution in [1.82, 2.24) is 9.36 Å². The lowest BCUT2D eigenvalue weighted by Crippen LogP contribution is -2.29. The summed E-state index contributed by atoms with van der Waals surface area (Å²) in [7, 11) is 0. The summed E-state index contributed by atoms with van der Waals surface area (Å²) in [6.07, 6.45) is -3.50. The van der Waals surface area contributed by atoms with Crippen molar-refractivity contribution in [1.29, 1.82) is 0 Å². The second kappa shape index (κ2) is 4.16. The van der Waals surface area contributed by atoms with Crippen molar-refractivity contribution >= 4 is 21.7 Å². The summed E-state index contributed by atoms with van der Waals surface area (Å²) in [6.45, 7) is 3.77. The Morgan fingerprint density at radius 1 is 1.26 bits per heavy atom. The summed E-state index contributed by atoms with van der Waals surface area (Å²) in [5.41, 5.74) is 3.40. The number of alkyl halides is 3. The molecule has 0 N–H and O–H groups in total. The van der Waals surface area contributed by atoms with E-state index in [1.165, 1.54) is 11.5 Å². The third kappa shape index (κ3) is 2.02. The number of pyridine rings is 1. The Bertz CT molecular complexity index is 645. The van der Waals surface area contributed by atoms with Gasteiger partial charge in [-0.1, -0.05) is 0 Å². The lowest BCUT2D eigenvalue weighted by atomic mass is 9.83. The Balaban J connectivity index is 2.13. The van der Waals surface area contributed by atoms with Gasteiger partial charge in [0.25, 0.3) is 0 Å². The van der Waals surface area contributed by atoms with Gasteiger partial charge in [0.2, 0.25) is 0 Å². The molecule has 2 nitrogen and oxygen atoms in total. The minimum absolute atomic E-state index is 0.0584. The fourth-order valence-corrected chi connectivity index (χ4v) is 3.70. The van der Waals surface area contributed by atoms with Gasteiger partial charge in [-0.2, -0.15) is 17.5 Å². The highest BCUT2D eigenvalue weighted by Gasteiger charge is 2.42. The maximum Gasteiger partial charge on any atom is 0.392 e. The molecule has 2 heterocycles. The molecule has 102 valence electrons. The van der Waals surface area contributed by atoms with Crippen LogP contribution in [-0.2, 0) is 12.8 Å². The largest absolute Gasteiger partial charge is 0.392 e. The fourth-order valence-electron chi connectivity index (χ4n) is 2.84. The average molecular weight is 286 g/mol. The predicted octanol–water partition coefficient (Wildman–Crippen LogP) is 3.98. The van der Waals surface area contributed by atoms with Crippen molar-refractivity contribution in [2.75, 3.05) is 0 Å². The number of rotatable bonds is 0. The predicted molar refractivity (Wildman–Crippen MR) is 68.5 cm³/mol. The Kier molecular flexibility index (Phi) is 2.81. The summed E-state index contributed by atoms with van der Waals surface area (Å²) in [5.74, 6) is -1.23. The molecule has 0 aliphatic heterocycles. The number of aromatic nitrogens is 2.